The summed E-state index contributed by atoms with van der Waals surface area (Å²) in [5.41, 5.74) is 3.13. The summed E-state index contributed by atoms with van der Waals surface area (Å²) in [7, 11) is 0. The molecule has 0 atom stereocenters. The van der Waals surface area contributed by atoms with Crippen molar-refractivity contribution in [1.29, 1.82) is 0 Å². The molecule has 1 aliphatic rings. The summed E-state index contributed by atoms with van der Waals surface area (Å²) in [5, 5.41) is 0. The predicted molar refractivity (Wildman–Crippen MR) is 64.1 cm³/mol. The molecule has 0 aromatic heterocycles. The second-order valence-electron chi connectivity index (χ2n) is 2.60. The van der Waals surface area contributed by atoms with E-state index in [-0.39, 0.29) is 0 Å². The molecular weight excluding hydrogens is 156 g/mol. The fraction of sp³-hybridized carbons (Fsp3) is 0.692. The van der Waals surface area contributed by atoms with Crippen LogP contribution in [0.5, 0.6) is 0 Å². The summed E-state index contributed by atoms with van der Waals surface area (Å²) in [5.74, 6) is 0. The first kappa shape index (κ1) is 15.0. The van der Waals surface area contributed by atoms with Crippen molar-refractivity contribution in [3.63, 3.8) is 0 Å². The van der Waals surface area contributed by atoms with Crippen molar-refractivity contribution in [1.82, 2.24) is 0 Å². The van der Waals surface area contributed by atoms with Gasteiger partial charge in [-0.1, -0.05) is 52.3 Å². The molecule has 0 unspecified atom stereocenters. The van der Waals surface area contributed by atoms with E-state index in [1.807, 2.05) is 27.7 Å². The topological polar surface area (TPSA) is 0 Å². The highest BCUT2D eigenvalue weighted by Crippen LogP contribution is 2.19. The fourth-order valence-electron chi connectivity index (χ4n) is 1.25. The van der Waals surface area contributed by atoms with Gasteiger partial charge >= 0.3 is 0 Å². The Balaban J connectivity index is 0. The molecule has 0 heterocycles. The van der Waals surface area contributed by atoms with E-state index in [0.717, 1.165) is 0 Å². The molecule has 0 bridgehead atoms. The number of allylic oxidation sites excluding steroid dienone is 4. The first-order valence-electron chi connectivity index (χ1n) is 5.69. The lowest BCUT2D eigenvalue weighted by Crippen LogP contribution is -1.89. The molecule has 0 heteroatoms. The standard InChI is InChI=1S/C9H14.2C2H6/c1-3-9-7-5-4-6-8(9)2;2*1-2/h5,7H,3-4,6H2,1-2H3;2*1-2H3. The highest BCUT2D eigenvalue weighted by Gasteiger charge is 1.99. The molecule has 78 valence electrons. The van der Waals surface area contributed by atoms with Crippen LogP contribution in [-0.2, 0) is 0 Å². The van der Waals surface area contributed by atoms with Crippen molar-refractivity contribution in [2.45, 2.75) is 60.8 Å². The monoisotopic (exact) mass is 182 g/mol. The molecule has 0 amide bonds. The molecule has 0 fully saturated rings. The first-order chi connectivity index (χ1) is 6.34. The van der Waals surface area contributed by atoms with Crippen LogP contribution in [0.3, 0.4) is 0 Å². The fourth-order valence-corrected chi connectivity index (χ4v) is 1.25. The number of hydrogen-bond acceptors (Lipinski definition) is 0. The van der Waals surface area contributed by atoms with Gasteiger partial charge in [-0.25, -0.2) is 0 Å². The van der Waals surface area contributed by atoms with Crippen molar-refractivity contribution >= 4 is 0 Å². The second kappa shape index (κ2) is 11.5. The van der Waals surface area contributed by atoms with Gasteiger partial charge in [0.2, 0.25) is 0 Å². The van der Waals surface area contributed by atoms with E-state index in [1.54, 1.807) is 11.1 Å². The van der Waals surface area contributed by atoms with E-state index in [9.17, 15) is 0 Å². The van der Waals surface area contributed by atoms with Gasteiger partial charge < -0.3 is 0 Å². The molecule has 0 N–H and O–H groups in total. The Bertz CT molecular complexity index is 149. The zero-order valence-corrected chi connectivity index (χ0v) is 10.3. The van der Waals surface area contributed by atoms with Crippen LogP contribution in [-0.4, -0.2) is 0 Å². The van der Waals surface area contributed by atoms with Gasteiger partial charge in [-0.3, -0.25) is 0 Å². The highest BCUT2D eigenvalue weighted by atomic mass is 14.1. The molecule has 13 heavy (non-hydrogen) atoms. The average molecular weight is 182 g/mol. The lowest BCUT2D eigenvalue weighted by atomic mass is 9.97. The highest BCUT2D eigenvalue weighted by molar-refractivity contribution is 5.27. The zero-order chi connectivity index (χ0) is 10.7. The minimum atomic E-state index is 1.20. The van der Waals surface area contributed by atoms with Crippen molar-refractivity contribution in [3.8, 4) is 0 Å². The van der Waals surface area contributed by atoms with Gasteiger partial charge in [-0.15, -0.1) is 0 Å². The molecule has 1 aliphatic carbocycles. The first-order valence-corrected chi connectivity index (χ1v) is 5.69. The maximum absolute atomic E-state index is 2.27. The van der Waals surface area contributed by atoms with Gasteiger partial charge in [-0.2, -0.15) is 0 Å². The largest absolute Gasteiger partial charge is 0.0839 e. The van der Waals surface area contributed by atoms with Gasteiger partial charge in [0, 0.05) is 0 Å². The van der Waals surface area contributed by atoms with Crippen LogP contribution >= 0.6 is 0 Å². The van der Waals surface area contributed by atoms with E-state index >= 15 is 0 Å². The van der Waals surface area contributed by atoms with Gasteiger partial charge in [-0.05, 0) is 31.8 Å². The van der Waals surface area contributed by atoms with E-state index < -0.39 is 0 Å². The maximum Gasteiger partial charge on any atom is -0.0282 e. The normalized spacial score (nSPS) is 14.0. The van der Waals surface area contributed by atoms with Crippen LogP contribution < -0.4 is 0 Å². The van der Waals surface area contributed by atoms with E-state index in [1.165, 1.54) is 19.3 Å². The molecule has 0 radical (unpaired) electrons. The van der Waals surface area contributed by atoms with E-state index in [4.69, 9.17) is 0 Å². The number of hydrogen-bond donors (Lipinski definition) is 0. The van der Waals surface area contributed by atoms with E-state index in [0.29, 0.717) is 0 Å². The molecule has 0 saturated heterocycles. The van der Waals surface area contributed by atoms with Crippen LogP contribution in [0.25, 0.3) is 0 Å². The Morgan fingerprint density at radius 3 is 2.00 bits per heavy atom. The molecule has 0 aliphatic heterocycles. The number of rotatable bonds is 1. The molecular formula is C13H26. The quantitative estimate of drug-likeness (QED) is 0.528. The maximum atomic E-state index is 2.27. The third-order valence-corrected chi connectivity index (χ3v) is 1.93. The summed E-state index contributed by atoms with van der Waals surface area (Å²) in [6.45, 7) is 12.5. The van der Waals surface area contributed by atoms with Gasteiger partial charge in [0.15, 0.2) is 0 Å². The van der Waals surface area contributed by atoms with Crippen LogP contribution in [0.4, 0.5) is 0 Å². The third-order valence-electron chi connectivity index (χ3n) is 1.93. The molecule has 1 rings (SSSR count). The third kappa shape index (κ3) is 6.62. The Labute approximate surface area is 84.7 Å². The van der Waals surface area contributed by atoms with Crippen LogP contribution in [0.2, 0.25) is 0 Å². The van der Waals surface area contributed by atoms with Crippen LogP contribution in [0, 0.1) is 0 Å². The SMILES string of the molecule is CC.CC.CCC1=C(C)CCC=C1. The minimum absolute atomic E-state index is 1.20. The van der Waals surface area contributed by atoms with E-state index in [2.05, 4.69) is 26.0 Å². The van der Waals surface area contributed by atoms with Gasteiger partial charge in [0.1, 0.15) is 0 Å². The molecule has 0 aromatic carbocycles. The van der Waals surface area contributed by atoms with Gasteiger partial charge in [0.05, 0.1) is 0 Å². The molecule has 0 nitrogen and oxygen atoms in total. The average Bonchev–Trinajstić information content (AvgIpc) is 2.24. The zero-order valence-electron chi connectivity index (χ0n) is 10.3. The van der Waals surface area contributed by atoms with Crippen molar-refractivity contribution in [3.05, 3.63) is 23.3 Å². The summed E-state index contributed by atoms with van der Waals surface area (Å²) in [4.78, 5) is 0. The van der Waals surface area contributed by atoms with Crippen LogP contribution in [0.1, 0.15) is 60.8 Å². The Kier molecular flexibility index (Phi) is 13.2. The Morgan fingerprint density at radius 2 is 1.69 bits per heavy atom. The minimum Gasteiger partial charge on any atom is -0.0839 e. The van der Waals surface area contributed by atoms with Crippen molar-refractivity contribution in [2.75, 3.05) is 0 Å². The molecule has 0 spiro atoms. The predicted octanol–water partition coefficient (Wildman–Crippen LogP) is 5.12. The smallest absolute Gasteiger partial charge is 0.0282 e. The van der Waals surface area contributed by atoms with Gasteiger partial charge in [0.25, 0.3) is 0 Å². The summed E-state index contributed by atoms with van der Waals surface area (Å²) >= 11 is 0. The molecule has 0 saturated carbocycles. The van der Waals surface area contributed by atoms with Crippen molar-refractivity contribution < 1.29 is 0 Å². The second-order valence-corrected chi connectivity index (χ2v) is 2.60. The van der Waals surface area contributed by atoms with Crippen LogP contribution in [0.15, 0.2) is 23.3 Å². The van der Waals surface area contributed by atoms with Crippen molar-refractivity contribution in [2.24, 2.45) is 0 Å². The summed E-state index contributed by atoms with van der Waals surface area (Å²) < 4.78 is 0. The summed E-state index contributed by atoms with van der Waals surface area (Å²) in [6, 6.07) is 0. The summed E-state index contributed by atoms with van der Waals surface area (Å²) in [6.07, 6.45) is 8.25. The lowest BCUT2D eigenvalue weighted by molar-refractivity contribution is 0.913. The lowest BCUT2D eigenvalue weighted by Gasteiger charge is -2.09. The Morgan fingerprint density at radius 1 is 1.15 bits per heavy atom. The molecule has 0 aromatic rings. The Hall–Kier alpha value is -0.520.